The van der Waals surface area contributed by atoms with E-state index in [1.807, 2.05) is 74.5 Å². The number of amides is 2. The quantitative estimate of drug-likeness (QED) is 0.585. The molecule has 0 aliphatic rings. The predicted molar refractivity (Wildman–Crippen MR) is 112 cm³/mol. The Morgan fingerprint density at radius 3 is 1.93 bits per heavy atom. The Hall–Kier alpha value is -3.35. The van der Waals surface area contributed by atoms with Crippen molar-refractivity contribution in [3.8, 4) is 0 Å². The van der Waals surface area contributed by atoms with Gasteiger partial charge in [-0.25, -0.2) is 4.79 Å². The van der Waals surface area contributed by atoms with Crippen LogP contribution in [0.1, 0.15) is 31.4 Å². The van der Waals surface area contributed by atoms with Gasteiger partial charge in [-0.15, -0.1) is 0 Å². The fourth-order valence-electron chi connectivity index (χ4n) is 2.65. The fourth-order valence-corrected chi connectivity index (χ4v) is 2.65. The van der Waals surface area contributed by atoms with Gasteiger partial charge in [0.25, 0.3) is 0 Å². The largest absolute Gasteiger partial charge is 0.460 e. The summed E-state index contributed by atoms with van der Waals surface area (Å²) in [6.07, 6.45) is -0.0267. The maximum Gasteiger partial charge on any atom is 0.408 e. The lowest BCUT2D eigenvalue weighted by molar-refractivity contribution is -0.145. The van der Waals surface area contributed by atoms with Gasteiger partial charge in [0.05, 0.1) is 0 Å². The van der Waals surface area contributed by atoms with Gasteiger partial charge in [0, 0.05) is 0 Å². The fraction of sp³-hybridized carbons (Fsp3) is 0.348. The number of hydrogen-bond acceptors (Lipinski definition) is 5. The molecule has 2 N–H and O–H groups in total. The van der Waals surface area contributed by atoms with E-state index in [1.165, 1.54) is 0 Å². The molecule has 7 nitrogen and oxygen atoms in total. The predicted octanol–water partition coefficient (Wildman–Crippen LogP) is 3.19. The zero-order valence-electron chi connectivity index (χ0n) is 17.3. The summed E-state index contributed by atoms with van der Waals surface area (Å²) in [6, 6.07) is 17.7. The van der Waals surface area contributed by atoms with Gasteiger partial charge >= 0.3 is 12.1 Å². The average molecular weight is 412 g/mol. The van der Waals surface area contributed by atoms with E-state index in [0.29, 0.717) is 6.42 Å². The van der Waals surface area contributed by atoms with Crippen molar-refractivity contribution in [1.82, 2.24) is 10.6 Å². The summed E-state index contributed by atoms with van der Waals surface area (Å²) in [6.45, 7) is 3.71. The molecule has 2 aromatic carbocycles. The van der Waals surface area contributed by atoms with Gasteiger partial charge in [-0.1, -0.05) is 80.9 Å². The first-order valence-corrected chi connectivity index (χ1v) is 9.94. The number of ether oxygens (including phenoxy) is 2. The van der Waals surface area contributed by atoms with Gasteiger partial charge in [0.2, 0.25) is 5.91 Å². The highest BCUT2D eigenvalue weighted by molar-refractivity contribution is 5.88. The lowest BCUT2D eigenvalue weighted by atomic mass is 9.98. The maximum atomic E-state index is 12.5. The van der Waals surface area contributed by atoms with Crippen molar-refractivity contribution in [2.45, 2.75) is 39.5 Å². The molecule has 160 valence electrons. The molecule has 2 aromatic rings. The summed E-state index contributed by atoms with van der Waals surface area (Å²) in [5.74, 6) is -1.16. The third kappa shape index (κ3) is 7.95. The number of rotatable bonds is 10. The Labute approximate surface area is 176 Å². The third-order valence-electron chi connectivity index (χ3n) is 4.63. The molecule has 0 aliphatic heterocycles. The zero-order valence-corrected chi connectivity index (χ0v) is 17.3. The molecule has 30 heavy (non-hydrogen) atoms. The van der Waals surface area contributed by atoms with Gasteiger partial charge in [-0.05, 0) is 17.0 Å². The second kappa shape index (κ2) is 12.3. The Kier molecular flexibility index (Phi) is 9.37. The molecule has 2 amide bonds. The Balaban J connectivity index is 1.80. The van der Waals surface area contributed by atoms with Gasteiger partial charge in [-0.3, -0.25) is 9.59 Å². The van der Waals surface area contributed by atoms with Crippen LogP contribution in [-0.4, -0.2) is 30.6 Å². The second-order valence-corrected chi connectivity index (χ2v) is 6.93. The molecule has 2 atom stereocenters. The molecule has 0 fully saturated rings. The second-order valence-electron chi connectivity index (χ2n) is 6.93. The number of carbonyl (C=O) groups is 3. The minimum Gasteiger partial charge on any atom is -0.460 e. The van der Waals surface area contributed by atoms with E-state index in [0.717, 1.165) is 11.1 Å². The minimum absolute atomic E-state index is 0.104. The monoisotopic (exact) mass is 412 g/mol. The molecule has 0 saturated carbocycles. The zero-order chi connectivity index (χ0) is 21.8. The molecule has 0 aliphatic carbocycles. The van der Waals surface area contributed by atoms with Gasteiger partial charge in [-0.2, -0.15) is 0 Å². The summed E-state index contributed by atoms with van der Waals surface area (Å²) in [4.78, 5) is 36.6. The first-order chi connectivity index (χ1) is 14.5. The third-order valence-corrected chi connectivity index (χ3v) is 4.63. The van der Waals surface area contributed by atoms with Crippen LogP contribution in [-0.2, 0) is 32.3 Å². The Bertz CT molecular complexity index is 811. The van der Waals surface area contributed by atoms with Crippen molar-refractivity contribution in [2.75, 3.05) is 6.54 Å². The van der Waals surface area contributed by atoms with Gasteiger partial charge in [0.1, 0.15) is 25.8 Å². The smallest absolute Gasteiger partial charge is 0.408 e. The van der Waals surface area contributed by atoms with E-state index in [9.17, 15) is 14.4 Å². The van der Waals surface area contributed by atoms with Crippen LogP contribution in [0.3, 0.4) is 0 Å². The molecule has 0 spiro atoms. The van der Waals surface area contributed by atoms with Crippen molar-refractivity contribution in [1.29, 1.82) is 0 Å². The van der Waals surface area contributed by atoms with Crippen LogP contribution in [0.25, 0.3) is 0 Å². The Morgan fingerprint density at radius 2 is 1.40 bits per heavy atom. The lowest BCUT2D eigenvalue weighted by Gasteiger charge is -2.23. The van der Waals surface area contributed by atoms with E-state index in [2.05, 4.69) is 10.6 Å². The first kappa shape index (κ1) is 22.9. The number of nitrogens with one attached hydrogen (secondary N) is 2. The Morgan fingerprint density at radius 1 is 0.867 bits per heavy atom. The van der Waals surface area contributed by atoms with Crippen LogP contribution in [0.2, 0.25) is 0 Å². The lowest BCUT2D eigenvalue weighted by Crippen LogP contribution is -2.51. The molecule has 2 rings (SSSR count). The number of hydrogen-bond donors (Lipinski definition) is 2. The molecular formula is C23H28N2O5. The van der Waals surface area contributed by atoms with E-state index >= 15 is 0 Å². The van der Waals surface area contributed by atoms with Crippen LogP contribution < -0.4 is 10.6 Å². The maximum absolute atomic E-state index is 12.5. The van der Waals surface area contributed by atoms with Crippen LogP contribution in [0.4, 0.5) is 4.79 Å². The number of carbonyl (C=O) groups excluding carboxylic acids is 3. The van der Waals surface area contributed by atoms with Crippen LogP contribution in [0.15, 0.2) is 60.7 Å². The number of benzene rings is 2. The summed E-state index contributed by atoms with van der Waals surface area (Å²) in [5, 5.41) is 5.12. The highest BCUT2D eigenvalue weighted by Crippen LogP contribution is 2.09. The van der Waals surface area contributed by atoms with E-state index in [4.69, 9.17) is 9.47 Å². The molecule has 0 aromatic heterocycles. The first-order valence-electron chi connectivity index (χ1n) is 9.94. The van der Waals surface area contributed by atoms with Crippen molar-refractivity contribution < 1.29 is 23.9 Å². The number of esters is 1. The standard InChI is InChI=1S/C23H28N2O5/c1-3-17(2)21(25-23(28)30-16-19-12-8-5-9-13-19)22(27)24-14-20(26)29-15-18-10-6-4-7-11-18/h4-13,17,21H,3,14-16H2,1-2H3,(H,24,27)(H,25,28)/t17-,21+/m0/s1. The minimum atomic E-state index is -0.819. The summed E-state index contributed by atoms with van der Waals surface area (Å²) < 4.78 is 10.3. The molecule has 7 heteroatoms. The van der Waals surface area contributed by atoms with Crippen molar-refractivity contribution in [3.05, 3.63) is 71.8 Å². The van der Waals surface area contributed by atoms with Crippen LogP contribution >= 0.6 is 0 Å². The van der Waals surface area contributed by atoms with Crippen molar-refractivity contribution in [3.63, 3.8) is 0 Å². The van der Waals surface area contributed by atoms with Gasteiger partial charge in [0.15, 0.2) is 0 Å². The molecule has 0 unspecified atom stereocenters. The summed E-state index contributed by atoms with van der Waals surface area (Å²) in [5.41, 5.74) is 1.70. The number of alkyl carbamates (subject to hydrolysis) is 1. The van der Waals surface area contributed by atoms with E-state index in [1.54, 1.807) is 0 Å². The molecule has 0 bridgehead atoms. The van der Waals surface area contributed by atoms with E-state index in [-0.39, 0.29) is 25.7 Å². The molecule has 0 heterocycles. The summed E-state index contributed by atoms with van der Waals surface area (Å²) >= 11 is 0. The summed E-state index contributed by atoms with van der Waals surface area (Å²) in [7, 11) is 0. The molecule has 0 radical (unpaired) electrons. The normalized spacial score (nSPS) is 12.3. The highest BCUT2D eigenvalue weighted by Gasteiger charge is 2.27. The van der Waals surface area contributed by atoms with Crippen LogP contribution in [0, 0.1) is 5.92 Å². The molecular weight excluding hydrogens is 384 g/mol. The molecule has 0 saturated heterocycles. The van der Waals surface area contributed by atoms with Gasteiger partial charge < -0.3 is 20.1 Å². The highest BCUT2D eigenvalue weighted by atomic mass is 16.5. The van der Waals surface area contributed by atoms with E-state index < -0.39 is 24.0 Å². The van der Waals surface area contributed by atoms with Crippen molar-refractivity contribution in [2.24, 2.45) is 5.92 Å². The van der Waals surface area contributed by atoms with Crippen LogP contribution in [0.5, 0.6) is 0 Å². The SMILES string of the molecule is CC[C@H](C)[C@@H](NC(=O)OCc1ccccc1)C(=O)NCC(=O)OCc1ccccc1. The van der Waals surface area contributed by atoms with Crippen molar-refractivity contribution >= 4 is 18.0 Å². The average Bonchev–Trinajstić information content (AvgIpc) is 2.79. The topological polar surface area (TPSA) is 93.7 Å².